The molecule has 1 rings (SSSR count). The van der Waals surface area contributed by atoms with Gasteiger partial charge < -0.3 is 0 Å². The molecular weight excluding hydrogens is 189 g/mol. The predicted molar refractivity (Wildman–Crippen MR) is 69.5 cm³/mol. The molecule has 0 aromatic rings. The summed E-state index contributed by atoms with van der Waals surface area (Å²) in [6.07, 6.45) is 7.21. The van der Waals surface area contributed by atoms with Gasteiger partial charge in [0, 0.05) is 6.54 Å². The first-order chi connectivity index (χ1) is 6.72. The molecule has 0 heterocycles. The van der Waals surface area contributed by atoms with Crippen molar-refractivity contribution in [2.24, 2.45) is 5.41 Å². The Morgan fingerprint density at radius 3 is 2.07 bits per heavy atom. The fraction of sp³-hybridized carbons (Fsp3) is 1.00. The van der Waals surface area contributed by atoms with E-state index >= 15 is 0 Å². The Morgan fingerprint density at radius 2 is 1.79 bits per heavy atom. The Kier molecular flexibility index (Phi) is 7.86. The van der Waals surface area contributed by atoms with Gasteiger partial charge in [-0.25, -0.2) is 0 Å². The Morgan fingerprint density at radius 1 is 1.21 bits per heavy atom. The van der Waals surface area contributed by atoms with E-state index in [1.807, 2.05) is 13.8 Å². The molecule has 0 N–H and O–H groups in total. The van der Waals surface area contributed by atoms with Crippen molar-refractivity contribution in [3.63, 3.8) is 0 Å². The zero-order valence-corrected chi connectivity index (χ0v) is 11.6. The predicted octanol–water partition coefficient (Wildman–Crippen LogP) is 4.10. The van der Waals surface area contributed by atoms with Crippen LogP contribution in [0.2, 0.25) is 0 Å². The number of hydrogen-bond acceptors (Lipinski definition) is 1. The van der Waals surface area contributed by atoms with Crippen molar-refractivity contribution in [1.82, 2.24) is 4.67 Å². The molecule has 1 atom stereocenters. The number of rotatable bonds is 5. The van der Waals surface area contributed by atoms with Gasteiger partial charge in [-0.3, -0.25) is 4.67 Å². The number of hydrogen-bond donors (Lipinski definition) is 0. The summed E-state index contributed by atoms with van der Waals surface area (Å²) in [4.78, 5) is 0. The van der Waals surface area contributed by atoms with Gasteiger partial charge in [0.2, 0.25) is 0 Å². The van der Waals surface area contributed by atoms with Crippen molar-refractivity contribution < 1.29 is 0 Å². The summed E-state index contributed by atoms with van der Waals surface area (Å²) in [7, 11) is 2.81. The lowest BCUT2D eigenvalue weighted by atomic mass is 9.65. The highest BCUT2D eigenvalue weighted by molar-refractivity contribution is 7.13. The second-order valence-corrected chi connectivity index (χ2v) is 4.82. The van der Waals surface area contributed by atoms with E-state index in [2.05, 4.69) is 27.9 Å². The van der Waals surface area contributed by atoms with E-state index in [1.54, 1.807) is 0 Å². The van der Waals surface area contributed by atoms with E-state index < -0.39 is 0 Å². The molecule has 0 amide bonds. The molecule has 1 aliphatic rings. The molecule has 2 heteroatoms. The third-order valence-electron chi connectivity index (χ3n) is 3.50. The second kappa shape index (κ2) is 7.65. The number of nitrogens with zero attached hydrogens (tertiary/aromatic N) is 1. The zero-order valence-electron chi connectivity index (χ0n) is 10.5. The van der Waals surface area contributed by atoms with E-state index in [4.69, 9.17) is 0 Å². The highest BCUT2D eigenvalue weighted by Crippen LogP contribution is 2.46. The molecule has 1 fully saturated rings. The first-order valence-electron chi connectivity index (χ1n) is 6.22. The van der Waals surface area contributed by atoms with E-state index in [0.29, 0.717) is 0 Å². The fourth-order valence-corrected chi connectivity index (χ4v) is 2.13. The van der Waals surface area contributed by atoms with Crippen LogP contribution in [-0.4, -0.2) is 17.8 Å². The lowest BCUT2D eigenvalue weighted by Gasteiger charge is -2.42. The summed E-state index contributed by atoms with van der Waals surface area (Å²) in [5, 5.41) is 0. The van der Waals surface area contributed by atoms with E-state index in [9.17, 15) is 0 Å². The molecule has 86 valence electrons. The summed E-state index contributed by atoms with van der Waals surface area (Å²) < 4.78 is 2.34. The van der Waals surface area contributed by atoms with Crippen molar-refractivity contribution >= 4 is 9.39 Å². The maximum Gasteiger partial charge on any atom is 0.00213 e. The minimum absolute atomic E-state index is 0.740. The molecular formula is C12H28NP. The maximum atomic E-state index is 2.81. The first-order valence-corrected chi connectivity index (χ1v) is 6.74. The van der Waals surface area contributed by atoms with E-state index in [0.717, 1.165) is 12.0 Å². The van der Waals surface area contributed by atoms with Crippen molar-refractivity contribution in [3.05, 3.63) is 0 Å². The van der Waals surface area contributed by atoms with Gasteiger partial charge in [-0.05, 0) is 31.2 Å². The third kappa shape index (κ3) is 4.28. The molecule has 0 aromatic heterocycles. The molecule has 1 unspecified atom stereocenters. The van der Waals surface area contributed by atoms with Crippen LogP contribution in [0.1, 0.15) is 59.8 Å². The summed E-state index contributed by atoms with van der Waals surface area (Å²) in [5.74, 6) is 0. The van der Waals surface area contributed by atoms with Gasteiger partial charge in [0.15, 0.2) is 0 Å². The van der Waals surface area contributed by atoms with Crippen LogP contribution in [0.15, 0.2) is 0 Å². The van der Waals surface area contributed by atoms with Crippen molar-refractivity contribution in [3.8, 4) is 0 Å². The molecule has 0 spiro atoms. The van der Waals surface area contributed by atoms with Crippen LogP contribution in [0, 0.1) is 5.41 Å². The minimum atomic E-state index is 0.740. The van der Waals surface area contributed by atoms with Gasteiger partial charge in [-0.2, -0.15) is 0 Å². The van der Waals surface area contributed by atoms with Gasteiger partial charge in [0.05, 0.1) is 0 Å². The van der Waals surface area contributed by atoms with E-state index in [1.165, 1.54) is 38.6 Å². The molecule has 14 heavy (non-hydrogen) atoms. The normalized spacial score (nSPS) is 18.4. The monoisotopic (exact) mass is 217 g/mol. The summed E-state index contributed by atoms with van der Waals surface area (Å²) >= 11 is 0. The van der Waals surface area contributed by atoms with Gasteiger partial charge in [-0.1, -0.05) is 49.9 Å². The van der Waals surface area contributed by atoms with Crippen LogP contribution in [-0.2, 0) is 0 Å². The molecule has 0 bridgehead atoms. The largest absolute Gasteiger partial charge is 0.288 e. The molecule has 1 aliphatic carbocycles. The molecule has 1 saturated carbocycles. The lowest BCUT2D eigenvalue weighted by Crippen LogP contribution is -2.31. The summed E-state index contributed by atoms with van der Waals surface area (Å²) in [6, 6.07) is 0. The van der Waals surface area contributed by atoms with Crippen LogP contribution in [0.4, 0.5) is 0 Å². The second-order valence-electron chi connectivity index (χ2n) is 4.09. The first kappa shape index (κ1) is 14.4. The van der Waals surface area contributed by atoms with Gasteiger partial charge in [0.1, 0.15) is 0 Å². The highest BCUT2D eigenvalue weighted by atomic mass is 31.0. The molecule has 0 radical (unpaired) electrons. The maximum absolute atomic E-state index is 2.81. The van der Waals surface area contributed by atoms with Gasteiger partial charge in [0.25, 0.3) is 0 Å². The Hall–Kier alpha value is 0.390. The summed E-state index contributed by atoms with van der Waals surface area (Å²) in [5.41, 5.74) is 0.740. The zero-order chi connectivity index (χ0) is 11.0. The Balaban J connectivity index is 0.000000791. The topological polar surface area (TPSA) is 3.24 Å². The summed E-state index contributed by atoms with van der Waals surface area (Å²) in [6.45, 7) is 11.0. The quantitative estimate of drug-likeness (QED) is 0.627. The minimum Gasteiger partial charge on any atom is -0.288 e. The third-order valence-corrected chi connectivity index (χ3v) is 4.12. The standard InChI is InChI=1S/C10H22NP.C2H6/c1-3-10(6-5-7-10)8-9-11(12)4-2;1-2/h3-9,12H2,1-2H3;1-2H3. The SMILES string of the molecule is CC.CCN(P)CCC1(CC)CCC1. The molecule has 0 aliphatic heterocycles. The molecule has 0 saturated heterocycles. The van der Waals surface area contributed by atoms with Crippen molar-refractivity contribution in [1.29, 1.82) is 0 Å². The smallest absolute Gasteiger partial charge is 0.00213 e. The van der Waals surface area contributed by atoms with Gasteiger partial charge in [-0.15, -0.1) is 0 Å². The van der Waals surface area contributed by atoms with Crippen LogP contribution in [0.3, 0.4) is 0 Å². The average molecular weight is 217 g/mol. The van der Waals surface area contributed by atoms with Crippen molar-refractivity contribution in [2.75, 3.05) is 13.1 Å². The van der Waals surface area contributed by atoms with Crippen LogP contribution in [0.5, 0.6) is 0 Å². The van der Waals surface area contributed by atoms with Crippen molar-refractivity contribution in [2.45, 2.75) is 59.8 Å². The molecule has 0 aromatic carbocycles. The van der Waals surface area contributed by atoms with E-state index in [-0.39, 0.29) is 0 Å². The van der Waals surface area contributed by atoms with Crippen LogP contribution >= 0.6 is 9.39 Å². The average Bonchev–Trinajstić information content (AvgIpc) is 2.19. The lowest BCUT2D eigenvalue weighted by molar-refractivity contribution is 0.106. The van der Waals surface area contributed by atoms with Crippen LogP contribution < -0.4 is 0 Å². The Bertz CT molecular complexity index is 127. The fourth-order valence-electron chi connectivity index (χ4n) is 2.00. The highest BCUT2D eigenvalue weighted by Gasteiger charge is 2.34. The van der Waals surface area contributed by atoms with Gasteiger partial charge >= 0.3 is 0 Å². The van der Waals surface area contributed by atoms with Crippen LogP contribution in [0.25, 0.3) is 0 Å². The Labute approximate surface area is 92.9 Å². The molecule has 1 nitrogen and oxygen atoms in total.